The molecule has 0 amide bonds. The number of carboxylic acid groups (broad SMARTS) is 2. The van der Waals surface area contributed by atoms with Crippen LogP contribution in [0.5, 0.6) is 5.75 Å². The monoisotopic (exact) mass is 399 g/mol. The molecule has 2 aromatic rings. The molecule has 29 heavy (non-hydrogen) atoms. The summed E-state index contributed by atoms with van der Waals surface area (Å²) in [4.78, 5) is 33.9. The highest BCUT2D eigenvalue weighted by Crippen LogP contribution is 2.43. The first-order valence-electron chi connectivity index (χ1n) is 9.33. The Morgan fingerprint density at radius 3 is 2.28 bits per heavy atom. The predicted octanol–water partition coefficient (Wildman–Crippen LogP) is 4.08. The van der Waals surface area contributed by atoms with Gasteiger partial charge in [-0.2, -0.15) is 0 Å². The average molecular weight is 399 g/mol. The SMILES string of the molecule is O=C(O)C(C(=O)O)c1cc(C2CCCC2)c(OCc2ccccc2)cc1[N+](=O)[O-]. The number of hydrogen-bond acceptors (Lipinski definition) is 5. The van der Waals surface area contributed by atoms with E-state index in [4.69, 9.17) is 4.74 Å². The van der Waals surface area contributed by atoms with Gasteiger partial charge in [0.25, 0.3) is 5.69 Å². The van der Waals surface area contributed by atoms with Crippen molar-refractivity contribution < 1.29 is 29.5 Å². The van der Waals surface area contributed by atoms with Gasteiger partial charge in [-0.15, -0.1) is 0 Å². The molecule has 0 unspecified atom stereocenters. The molecule has 8 heteroatoms. The van der Waals surface area contributed by atoms with E-state index in [9.17, 15) is 29.9 Å². The summed E-state index contributed by atoms with van der Waals surface area (Å²) in [7, 11) is 0. The van der Waals surface area contributed by atoms with Crippen LogP contribution in [0.3, 0.4) is 0 Å². The van der Waals surface area contributed by atoms with Gasteiger partial charge in [-0.3, -0.25) is 19.7 Å². The summed E-state index contributed by atoms with van der Waals surface area (Å²) >= 11 is 0. The summed E-state index contributed by atoms with van der Waals surface area (Å²) in [5, 5.41) is 30.3. The molecule has 0 aliphatic heterocycles. The van der Waals surface area contributed by atoms with Crippen molar-refractivity contribution in [2.75, 3.05) is 0 Å². The summed E-state index contributed by atoms with van der Waals surface area (Å²) < 4.78 is 5.88. The van der Waals surface area contributed by atoms with E-state index in [1.807, 2.05) is 30.3 Å². The third kappa shape index (κ3) is 4.53. The molecule has 1 saturated carbocycles. The molecule has 0 bridgehead atoms. The Morgan fingerprint density at radius 2 is 1.72 bits per heavy atom. The number of hydrogen-bond donors (Lipinski definition) is 2. The van der Waals surface area contributed by atoms with E-state index in [0.29, 0.717) is 11.3 Å². The van der Waals surface area contributed by atoms with Crippen LogP contribution in [0.25, 0.3) is 0 Å². The van der Waals surface area contributed by atoms with Gasteiger partial charge in [-0.05, 0) is 36.0 Å². The summed E-state index contributed by atoms with van der Waals surface area (Å²) in [5.41, 5.74) is 0.616. The van der Waals surface area contributed by atoms with E-state index in [-0.39, 0.29) is 18.1 Å². The van der Waals surface area contributed by atoms with Crippen LogP contribution in [-0.4, -0.2) is 27.1 Å². The topological polar surface area (TPSA) is 127 Å². The van der Waals surface area contributed by atoms with Crippen LogP contribution in [-0.2, 0) is 16.2 Å². The van der Waals surface area contributed by atoms with Gasteiger partial charge >= 0.3 is 11.9 Å². The average Bonchev–Trinajstić information content (AvgIpc) is 3.21. The van der Waals surface area contributed by atoms with Crippen molar-refractivity contribution in [2.45, 2.75) is 44.1 Å². The molecule has 0 spiro atoms. The summed E-state index contributed by atoms with van der Waals surface area (Å²) in [5.74, 6) is -4.96. The number of nitro groups is 1. The van der Waals surface area contributed by atoms with Crippen molar-refractivity contribution in [2.24, 2.45) is 0 Å². The molecule has 1 aliphatic carbocycles. The Balaban J connectivity index is 2.08. The summed E-state index contributed by atoms with van der Waals surface area (Å²) in [6.45, 7) is 0.193. The standard InChI is InChI=1S/C21H21NO7/c23-20(24)19(21(25)26)16-10-15(14-8-4-5-9-14)18(11-17(16)22(27)28)29-12-13-6-2-1-3-7-13/h1-3,6-7,10-11,14,19H,4-5,8-9,12H2,(H,23,24)(H,25,26). The molecular weight excluding hydrogens is 378 g/mol. The molecule has 2 N–H and O–H groups in total. The second-order valence-electron chi connectivity index (χ2n) is 7.07. The van der Waals surface area contributed by atoms with E-state index in [1.165, 1.54) is 12.1 Å². The van der Waals surface area contributed by atoms with Crippen LogP contribution < -0.4 is 4.74 Å². The maximum absolute atomic E-state index is 11.6. The van der Waals surface area contributed by atoms with E-state index >= 15 is 0 Å². The molecule has 8 nitrogen and oxygen atoms in total. The molecular formula is C21H21NO7. The van der Waals surface area contributed by atoms with Gasteiger partial charge in [0.05, 0.1) is 16.6 Å². The van der Waals surface area contributed by atoms with Gasteiger partial charge in [0.2, 0.25) is 0 Å². The lowest BCUT2D eigenvalue weighted by Gasteiger charge is -2.19. The molecule has 2 aromatic carbocycles. The first-order chi connectivity index (χ1) is 13.9. The first-order valence-corrected chi connectivity index (χ1v) is 9.33. The van der Waals surface area contributed by atoms with Crippen LogP contribution in [0.1, 0.15) is 54.2 Å². The third-order valence-electron chi connectivity index (χ3n) is 5.19. The van der Waals surface area contributed by atoms with Gasteiger partial charge in [0.1, 0.15) is 12.4 Å². The maximum atomic E-state index is 11.6. The second kappa shape index (κ2) is 8.72. The van der Waals surface area contributed by atoms with Crippen molar-refractivity contribution in [1.82, 2.24) is 0 Å². The number of rotatable bonds is 8. The Hall–Kier alpha value is -3.42. The number of nitrogens with zero attached hydrogens (tertiary/aromatic N) is 1. The molecule has 0 saturated heterocycles. The number of carbonyl (C=O) groups is 2. The molecule has 1 aliphatic rings. The van der Waals surface area contributed by atoms with Gasteiger partial charge in [-0.25, -0.2) is 0 Å². The fourth-order valence-corrected chi connectivity index (χ4v) is 3.78. The van der Waals surface area contributed by atoms with Gasteiger partial charge in [0, 0.05) is 0 Å². The van der Waals surface area contributed by atoms with Gasteiger partial charge in [0.15, 0.2) is 5.92 Å². The number of carboxylic acids is 2. The van der Waals surface area contributed by atoms with Crippen molar-refractivity contribution in [3.05, 3.63) is 69.3 Å². The number of ether oxygens (including phenoxy) is 1. The van der Waals surface area contributed by atoms with Crippen LogP contribution in [0, 0.1) is 10.1 Å². The summed E-state index contributed by atoms with van der Waals surface area (Å²) in [6, 6.07) is 11.8. The van der Waals surface area contributed by atoms with Crippen LogP contribution >= 0.6 is 0 Å². The largest absolute Gasteiger partial charge is 0.488 e. The zero-order valence-corrected chi connectivity index (χ0v) is 15.6. The molecule has 0 aromatic heterocycles. The molecule has 0 radical (unpaired) electrons. The van der Waals surface area contributed by atoms with Crippen molar-refractivity contribution >= 4 is 17.6 Å². The molecule has 1 fully saturated rings. The molecule has 152 valence electrons. The minimum Gasteiger partial charge on any atom is -0.488 e. The zero-order chi connectivity index (χ0) is 21.0. The Labute approximate surface area is 166 Å². The highest BCUT2D eigenvalue weighted by Gasteiger charge is 2.36. The van der Waals surface area contributed by atoms with Gasteiger partial charge < -0.3 is 14.9 Å². The van der Waals surface area contributed by atoms with Crippen LogP contribution in [0.4, 0.5) is 5.69 Å². The lowest BCUT2D eigenvalue weighted by Crippen LogP contribution is -2.22. The molecule has 0 heterocycles. The minimum absolute atomic E-state index is 0.0450. The van der Waals surface area contributed by atoms with Crippen LogP contribution in [0.2, 0.25) is 0 Å². The van der Waals surface area contributed by atoms with E-state index in [1.54, 1.807) is 0 Å². The van der Waals surface area contributed by atoms with Crippen LogP contribution in [0.15, 0.2) is 42.5 Å². The van der Waals surface area contributed by atoms with Crippen molar-refractivity contribution in [1.29, 1.82) is 0 Å². The quantitative estimate of drug-likeness (QED) is 0.389. The molecule has 3 rings (SSSR count). The second-order valence-corrected chi connectivity index (χ2v) is 7.07. The third-order valence-corrected chi connectivity index (χ3v) is 5.19. The first kappa shape index (κ1) is 20.3. The predicted molar refractivity (Wildman–Crippen MR) is 103 cm³/mol. The van der Waals surface area contributed by atoms with E-state index in [2.05, 4.69) is 0 Å². The van der Waals surface area contributed by atoms with Crippen molar-refractivity contribution in [3.63, 3.8) is 0 Å². The zero-order valence-electron chi connectivity index (χ0n) is 15.6. The smallest absolute Gasteiger partial charge is 0.322 e. The van der Waals surface area contributed by atoms with E-state index in [0.717, 1.165) is 31.2 Å². The summed E-state index contributed by atoms with van der Waals surface area (Å²) in [6.07, 6.45) is 3.64. The minimum atomic E-state index is -2.02. The normalized spacial score (nSPS) is 14.1. The Bertz CT molecular complexity index is 906. The number of nitro benzene ring substituents is 1. The maximum Gasteiger partial charge on any atom is 0.322 e. The fourth-order valence-electron chi connectivity index (χ4n) is 3.78. The van der Waals surface area contributed by atoms with Crippen molar-refractivity contribution in [3.8, 4) is 5.75 Å². The Kier molecular flexibility index (Phi) is 6.11. The van der Waals surface area contributed by atoms with E-state index < -0.39 is 28.5 Å². The van der Waals surface area contributed by atoms with Gasteiger partial charge in [-0.1, -0.05) is 43.2 Å². The highest BCUT2D eigenvalue weighted by atomic mass is 16.6. The lowest BCUT2D eigenvalue weighted by molar-refractivity contribution is -0.385. The fraction of sp³-hybridized carbons (Fsp3) is 0.333. The Morgan fingerprint density at radius 1 is 1.10 bits per heavy atom. The highest BCUT2D eigenvalue weighted by molar-refractivity contribution is 6.00. The number of benzene rings is 2. The lowest BCUT2D eigenvalue weighted by atomic mass is 9.89. The number of aliphatic carboxylic acids is 2. The molecule has 0 atom stereocenters.